The van der Waals surface area contributed by atoms with Gasteiger partial charge in [-0.3, -0.25) is 0 Å². The smallest absolute Gasteiger partial charge is 0.161 e. The zero-order valence-corrected chi connectivity index (χ0v) is 21.4. The highest BCUT2D eigenvalue weighted by Gasteiger charge is 2.44. The summed E-state index contributed by atoms with van der Waals surface area (Å²) >= 11 is 6.47. The van der Waals surface area contributed by atoms with Gasteiger partial charge in [0, 0.05) is 22.6 Å². The molecule has 0 bridgehead atoms. The van der Waals surface area contributed by atoms with Gasteiger partial charge < -0.3 is 0 Å². The summed E-state index contributed by atoms with van der Waals surface area (Å²) in [5, 5.41) is 0.447. The molecule has 2 aliphatic rings. The van der Waals surface area contributed by atoms with Crippen LogP contribution in [-0.2, 0) is 5.41 Å². The minimum Gasteiger partial charge on any atom is -0.228 e. The number of benzene rings is 4. The Hall–Kier alpha value is -3.75. The predicted molar refractivity (Wildman–Crippen MR) is 153 cm³/mol. The third-order valence-corrected chi connectivity index (χ3v) is 8.39. The second kappa shape index (κ2) is 8.97. The Morgan fingerprint density at radius 1 is 0.568 bits per heavy atom. The van der Waals surface area contributed by atoms with Crippen molar-refractivity contribution >= 4 is 11.6 Å². The van der Waals surface area contributed by atoms with E-state index >= 15 is 0 Å². The Morgan fingerprint density at radius 2 is 1.24 bits per heavy atom. The van der Waals surface area contributed by atoms with Gasteiger partial charge in [0.15, 0.2) is 5.82 Å². The lowest BCUT2D eigenvalue weighted by Crippen LogP contribution is -2.27. The molecular weight excluding hydrogens is 472 g/mol. The Bertz CT molecular complexity index is 1620. The van der Waals surface area contributed by atoms with Crippen molar-refractivity contribution in [3.8, 4) is 44.9 Å². The Kier molecular flexibility index (Phi) is 5.44. The maximum absolute atomic E-state index is 6.47. The predicted octanol–water partition coefficient (Wildman–Crippen LogP) is 9.36. The molecule has 0 aliphatic heterocycles. The summed E-state index contributed by atoms with van der Waals surface area (Å²) in [6, 6.07) is 36.5. The summed E-state index contributed by atoms with van der Waals surface area (Å²) in [6.07, 6.45) is 6.41. The molecule has 7 rings (SSSR count). The van der Waals surface area contributed by atoms with Crippen molar-refractivity contribution in [3.63, 3.8) is 0 Å². The molecule has 1 heterocycles. The normalized spacial score (nSPS) is 15.4. The van der Waals surface area contributed by atoms with Crippen molar-refractivity contribution in [2.45, 2.75) is 37.5 Å². The van der Waals surface area contributed by atoms with Crippen LogP contribution in [0.2, 0.25) is 5.15 Å². The van der Waals surface area contributed by atoms with Gasteiger partial charge in [0.2, 0.25) is 0 Å². The van der Waals surface area contributed by atoms with Crippen LogP contribution >= 0.6 is 11.6 Å². The lowest BCUT2D eigenvalue weighted by molar-refractivity contribution is 0.353. The van der Waals surface area contributed by atoms with E-state index in [0.717, 1.165) is 16.8 Å². The summed E-state index contributed by atoms with van der Waals surface area (Å²) in [5.41, 5.74) is 11.3. The van der Waals surface area contributed by atoms with Gasteiger partial charge in [0.25, 0.3) is 0 Å². The largest absolute Gasteiger partial charge is 0.228 e. The van der Waals surface area contributed by atoms with E-state index in [1.807, 2.05) is 36.4 Å². The average molecular weight is 499 g/mol. The van der Waals surface area contributed by atoms with Gasteiger partial charge in [0.1, 0.15) is 5.15 Å². The standard InChI is InChI=1S/C34H27ClN2/c35-31-22-30(36-33(37-31)23-11-3-1-4-12-23)25-14-9-13-24(21-25)26-16-10-18-29-32(26)27-15-5-6-17-28(27)34(29)19-7-2-8-20-34/h1,3-6,9-18,21-22H,2,7-8,19-20H2. The summed E-state index contributed by atoms with van der Waals surface area (Å²) in [5.74, 6) is 0.641. The zero-order chi connectivity index (χ0) is 24.8. The van der Waals surface area contributed by atoms with E-state index in [0.29, 0.717) is 11.0 Å². The van der Waals surface area contributed by atoms with Crippen LogP contribution in [0.5, 0.6) is 0 Å². The third-order valence-electron chi connectivity index (χ3n) is 8.20. The van der Waals surface area contributed by atoms with E-state index < -0.39 is 0 Å². The molecule has 3 heteroatoms. The van der Waals surface area contributed by atoms with Crippen LogP contribution in [0.15, 0.2) is 103 Å². The highest BCUT2D eigenvalue weighted by molar-refractivity contribution is 6.29. The van der Waals surface area contributed by atoms with Crippen LogP contribution in [0.1, 0.15) is 43.2 Å². The molecule has 1 fully saturated rings. The highest BCUT2D eigenvalue weighted by Crippen LogP contribution is 2.57. The third kappa shape index (κ3) is 3.70. The topological polar surface area (TPSA) is 25.8 Å². The molecular formula is C34H27ClN2. The summed E-state index contributed by atoms with van der Waals surface area (Å²) in [6.45, 7) is 0. The maximum Gasteiger partial charge on any atom is 0.161 e. The SMILES string of the molecule is Clc1cc(-c2cccc(-c3cccc4c3-c3ccccc3C43CCCCC3)c2)nc(-c2ccccc2)n1. The average Bonchev–Trinajstić information content (AvgIpc) is 3.23. The second-order valence-corrected chi connectivity index (χ2v) is 10.7. The second-order valence-electron chi connectivity index (χ2n) is 10.3. The molecule has 2 nitrogen and oxygen atoms in total. The lowest BCUT2D eigenvalue weighted by atomic mass is 9.68. The molecule has 1 aromatic heterocycles. The molecule has 37 heavy (non-hydrogen) atoms. The van der Waals surface area contributed by atoms with Crippen molar-refractivity contribution in [1.29, 1.82) is 0 Å². The Balaban J connectivity index is 1.37. The van der Waals surface area contributed by atoms with E-state index in [9.17, 15) is 0 Å². The molecule has 0 amide bonds. The quantitative estimate of drug-likeness (QED) is 0.231. The van der Waals surface area contributed by atoms with E-state index in [2.05, 4.69) is 71.7 Å². The fourth-order valence-corrected chi connectivity index (χ4v) is 6.75. The molecule has 0 saturated heterocycles. The van der Waals surface area contributed by atoms with Crippen molar-refractivity contribution in [1.82, 2.24) is 9.97 Å². The van der Waals surface area contributed by atoms with Gasteiger partial charge in [-0.2, -0.15) is 0 Å². The van der Waals surface area contributed by atoms with Gasteiger partial charge in [-0.05, 0) is 52.3 Å². The number of hydrogen-bond donors (Lipinski definition) is 0. The van der Waals surface area contributed by atoms with Gasteiger partial charge in [0.05, 0.1) is 5.69 Å². The zero-order valence-electron chi connectivity index (χ0n) is 20.6. The number of fused-ring (bicyclic) bond motifs is 5. The molecule has 0 N–H and O–H groups in total. The molecule has 0 atom stereocenters. The van der Waals surface area contributed by atoms with Gasteiger partial charge in [-0.1, -0.05) is 122 Å². The van der Waals surface area contributed by atoms with Crippen LogP contribution < -0.4 is 0 Å². The van der Waals surface area contributed by atoms with Crippen molar-refractivity contribution in [2.75, 3.05) is 0 Å². The maximum atomic E-state index is 6.47. The Labute approximate surface area is 223 Å². The molecule has 5 aromatic rings. The monoisotopic (exact) mass is 498 g/mol. The van der Waals surface area contributed by atoms with Crippen molar-refractivity contribution in [2.24, 2.45) is 0 Å². The minimum absolute atomic E-state index is 0.155. The van der Waals surface area contributed by atoms with E-state index in [1.165, 1.54) is 65.5 Å². The molecule has 180 valence electrons. The van der Waals surface area contributed by atoms with Crippen LogP contribution in [0, 0.1) is 0 Å². The highest BCUT2D eigenvalue weighted by atomic mass is 35.5. The minimum atomic E-state index is 0.155. The van der Waals surface area contributed by atoms with Crippen molar-refractivity contribution < 1.29 is 0 Å². The number of halogens is 1. The molecule has 4 aromatic carbocycles. The Morgan fingerprint density at radius 3 is 2.11 bits per heavy atom. The molecule has 2 aliphatic carbocycles. The summed E-state index contributed by atoms with van der Waals surface area (Å²) in [7, 11) is 0. The van der Waals surface area contributed by atoms with Crippen LogP contribution in [0.3, 0.4) is 0 Å². The van der Waals surface area contributed by atoms with Crippen LogP contribution in [0.4, 0.5) is 0 Å². The van der Waals surface area contributed by atoms with Crippen LogP contribution in [0.25, 0.3) is 44.9 Å². The van der Waals surface area contributed by atoms with Gasteiger partial charge in [-0.25, -0.2) is 9.97 Å². The first-order valence-corrected chi connectivity index (χ1v) is 13.5. The molecule has 0 radical (unpaired) electrons. The number of aromatic nitrogens is 2. The number of rotatable bonds is 3. The fraction of sp³-hybridized carbons (Fsp3) is 0.176. The van der Waals surface area contributed by atoms with E-state index in [1.54, 1.807) is 0 Å². The number of nitrogens with zero attached hydrogens (tertiary/aromatic N) is 2. The fourth-order valence-electron chi connectivity index (χ4n) is 6.57. The lowest BCUT2D eigenvalue weighted by Gasteiger charge is -2.36. The number of hydrogen-bond acceptors (Lipinski definition) is 2. The van der Waals surface area contributed by atoms with E-state index in [-0.39, 0.29) is 5.41 Å². The van der Waals surface area contributed by atoms with Gasteiger partial charge >= 0.3 is 0 Å². The van der Waals surface area contributed by atoms with Gasteiger partial charge in [-0.15, -0.1) is 0 Å². The first-order valence-electron chi connectivity index (χ1n) is 13.2. The molecule has 1 spiro atoms. The summed E-state index contributed by atoms with van der Waals surface area (Å²) in [4.78, 5) is 9.38. The molecule has 0 unspecified atom stereocenters. The van der Waals surface area contributed by atoms with E-state index in [4.69, 9.17) is 16.6 Å². The van der Waals surface area contributed by atoms with Crippen molar-refractivity contribution in [3.05, 3.63) is 119 Å². The molecule has 1 saturated carbocycles. The summed E-state index contributed by atoms with van der Waals surface area (Å²) < 4.78 is 0. The first kappa shape index (κ1) is 22.4. The van der Waals surface area contributed by atoms with Crippen LogP contribution in [-0.4, -0.2) is 9.97 Å². The first-order chi connectivity index (χ1) is 18.2.